The van der Waals surface area contributed by atoms with Gasteiger partial charge in [-0.2, -0.15) is 0 Å². The zero-order valence-electron chi connectivity index (χ0n) is 16.4. The van der Waals surface area contributed by atoms with E-state index in [1.165, 1.54) is 0 Å². The molecular formula is C8H14NOS+. The monoisotopic (exact) mass is 183 g/mol. The molecule has 3 heteroatoms. The van der Waals surface area contributed by atoms with Gasteiger partial charge < -0.3 is 10.4 Å². The van der Waals surface area contributed by atoms with E-state index in [2.05, 4.69) is 0 Å². The zero-order chi connectivity index (χ0) is 17.7. The topological polar surface area (TPSA) is 36.8 Å². The third kappa shape index (κ3) is 2.61. The molecule has 0 aromatic carbocycles. The van der Waals surface area contributed by atoms with E-state index in [-0.39, 0.29) is 5.32 Å². The van der Waals surface area contributed by atoms with Gasteiger partial charge in [-0.05, 0) is 11.4 Å². The summed E-state index contributed by atoms with van der Waals surface area (Å²) in [5.74, 6) is 0. The molecule has 1 atom stereocenters. The van der Waals surface area contributed by atoms with Crippen LogP contribution in [-0.2, 0) is 0 Å². The van der Waals surface area contributed by atoms with Gasteiger partial charge in [0.2, 0.25) is 0 Å². The third-order valence-electron chi connectivity index (χ3n) is 0.858. The number of quaternary nitrogens is 1. The van der Waals surface area contributed by atoms with Crippen LogP contribution in [0.5, 0.6) is 0 Å². The van der Waals surface area contributed by atoms with Crippen molar-refractivity contribution < 1.29 is 25.5 Å². The summed E-state index contributed by atoms with van der Waals surface area (Å²) in [6.45, 7) is -6.18. The van der Waals surface area contributed by atoms with E-state index in [9.17, 15) is 5.11 Å². The molecular weight excluding hydrogens is 158 g/mol. The lowest BCUT2D eigenvalue weighted by molar-refractivity contribution is -0.628. The second kappa shape index (κ2) is 4.49. The van der Waals surface area contributed by atoms with Gasteiger partial charge in [0.1, 0.15) is 0 Å². The fraction of sp³-hybridized carbons (Fsp3) is 0.500. The predicted octanol–water partition coefficient (Wildman–Crippen LogP) is 0.365. The van der Waals surface area contributed by atoms with Gasteiger partial charge in [-0.1, -0.05) is 6.04 Å². The Kier molecular flexibility index (Phi) is 0.858. The third-order valence-corrected chi connectivity index (χ3v) is 1.56. The van der Waals surface area contributed by atoms with Gasteiger partial charge in [0.15, 0.2) is 0 Å². The van der Waals surface area contributed by atoms with Crippen molar-refractivity contribution in [1.82, 2.24) is 0 Å². The number of nitrogens with two attached hydrogens (primary N) is 1. The normalized spacial score (nSPS) is 34.5. The first-order chi connectivity index (χ1) is 9.54. The first-order valence-electron chi connectivity index (χ1n) is 8.21. The first kappa shape index (κ1) is 2.10. The average molecular weight is 183 g/mol. The molecule has 0 aliphatic heterocycles. The Labute approximate surface area is 86.3 Å². The summed E-state index contributed by atoms with van der Waals surface area (Å²) in [5, 5.41) is 9.72. The Morgan fingerprint density at radius 2 is 3.09 bits per heavy atom. The minimum Gasteiger partial charge on any atom is -0.387 e. The SMILES string of the molecule is [2H]c1sc([C@@]([2H])(O)C([2H])([2H])C([2H])([2H])[NH2+]C([2H])([2H])[2H])c([2H])c1[2H]. The van der Waals surface area contributed by atoms with Gasteiger partial charge >= 0.3 is 0 Å². The first-order valence-corrected chi connectivity index (χ1v) is 3.53. The second-order valence-corrected chi connectivity index (χ2v) is 2.36. The van der Waals surface area contributed by atoms with Crippen molar-refractivity contribution in [3.05, 3.63) is 22.3 Å². The Hall–Kier alpha value is -0.380. The molecule has 0 amide bonds. The molecule has 1 aromatic rings. The summed E-state index contributed by atoms with van der Waals surface area (Å²) in [5.41, 5.74) is 0. The minimum absolute atomic E-state index is 0.0694. The summed E-state index contributed by atoms with van der Waals surface area (Å²) in [7, 11) is 0. The number of hydrogen-bond donors (Lipinski definition) is 2. The highest BCUT2D eigenvalue weighted by atomic mass is 32.1. The highest BCUT2D eigenvalue weighted by Gasteiger charge is 2.07. The predicted molar refractivity (Wildman–Crippen MR) is 46.6 cm³/mol. The molecule has 0 aliphatic carbocycles. The summed E-state index contributed by atoms with van der Waals surface area (Å²) in [6.07, 6.45) is -6.77. The second-order valence-electron chi connectivity index (χ2n) is 1.55. The quantitative estimate of drug-likeness (QED) is 0.695. The Bertz CT molecular complexity index is 563. The summed E-state index contributed by atoms with van der Waals surface area (Å²) in [4.78, 5) is -0.727. The van der Waals surface area contributed by atoms with Gasteiger partial charge in [-0.25, -0.2) is 0 Å². The van der Waals surface area contributed by atoms with Gasteiger partial charge in [0.05, 0.1) is 31.9 Å². The highest BCUT2D eigenvalue weighted by Crippen LogP contribution is 2.20. The molecule has 1 aromatic heterocycles. The Morgan fingerprint density at radius 1 is 2.18 bits per heavy atom. The van der Waals surface area contributed by atoms with Crippen LogP contribution in [0.4, 0.5) is 0 Å². The van der Waals surface area contributed by atoms with Gasteiger partial charge in [-0.15, -0.1) is 11.3 Å². The van der Waals surface area contributed by atoms with Crippen LogP contribution in [0.2, 0.25) is 0 Å². The smallest absolute Gasteiger partial charge is 0.0935 e. The molecule has 3 N–H and O–H groups in total. The molecule has 0 spiro atoms. The van der Waals surface area contributed by atoms with E-state index in [4.69, 9.17) is 15.1 Å². The number of thiophene rings is 1. The molecule has 62 valence electrons. The van der Waals surface area contributed by atoms with Crippen LogP contribution in [0.1, 0.15) is 32.4 Å². The van der Waals surface area contributed by atoms with Crippen LogP contribution in [-0.4, -0.2) is 18.6 Å². The van der Waals surface area contributed by atoms with Gasteiger partial charge in [0.25, 0.3) is 0 Å². The number of rotatable bonds is 4. The highest BCUT2D eigenvalue weighted by molar-refractivity contribution is 7.10. The molecule has 0 saturated heterocycles. The largest absolute Gasteiger partial charge is 0.387 e. The van der Waals surface area contributed by atoms with Crippen LogP contribution in [0.3, 0.4) is 0 Å². The minimum atomic E-state index is -3.44. The summed E-state index contributed by atoms with van der Waals surface area (Å²) < 4.78 is 81.5. The zero-order valence-corrected chi connectivity index (χ0v) is 6.25. The van der Waals surface area contributed by atoms with Crippen molar-refractivity contribution in [2.24, 2.45) is 0 Å². The standard InChI is InChI=1S/C8H13NOS/c1-9-5-4-7(10)8-3-2-6-11-8/h2-3,6-7,9-10H,4-5H2,1H3/p+1/t7-/m0/s1/i1D3,2D,3D,4D2,5D2,6D,7D. The maximum atomic E-state index is 10.1. The molecule has 1 heterocycles. The van der Waals surface area contributed by atoms with Gasteiger partial charge in [0, 0.05) is 14.0 Å². The Morgan fingerprint density at radius 3 is 3.73 bits per heavy atom. The molecule has 0 unspecified atom stereocenters. The van der Waals surface area contributed by atoms with Crippen molar-refractivity contribution in [3.63, 3.8) is 0 Å². The number of hydrogen-bond acceptors (Lipinski definition) is 2. The fourth-order valence-corrected chi connectivity index (χ4v) is 0.907. The van der Waals surface area contributed by atoms with Crippen LogP contribution >= 0.6 is 11.3 Å². The van der Waals surface area contributed by atoms with Crippen LogP contribution in [0, 0.1) is 0 Å². The summed E-state index contributed by atoms with van der Waals surface area (Å²) >= 11 is 0.302. The fourth-order valence-electron chi connectivity index (χ4n) is 0.453. The van der Waals surface area contributed by atoms with Crippen LogP contribution in [0.15, 0.2) is 17.4 Å². The molecule has 0 saturated carbocycles. The lowest BCUT2D eigenvalue weighted by Crippen LogP contribution is -2.79. The molecule has 0 radical (unpaired) electrons. The molecule has 0 aliphatic rings. The van der Waals surface area contributed by atoms with Crippen molar-refractivity contribution in [2.45, 2.75) is 12.5 Å². The van der Waals surface area contributed by atoms with Gasteiger partial charge in [-0.3, -0.25) is 0 Å². The summed E-state index contributed by atoms with van der Waals surface area (Å²) in [6, 6.07) is -1.39. The maximum Gasteiger partial charge on any atom is 0.0935 e. The van der Waals surface area contributed by atoms with Crippen molar-refractivity contribution in [1.29, 1.82) is 0 Å². The lowest BCUT2D eigenvalue weighted by atomic mass is 10.2. The van der Waals surface area contributed by atoms with E-state index < -0.39 is 48.2 Å². The van der Waals surface area contributed by atoms with Crippen LogP contribution < -0.4 is 5.32 Å². The molecule has 0 bridgehead atoms. The molecule has 11 heavy (non-hydrogen) atoms. The Balaban J connectivity index is 3.38. The van der Waals surface area contributed by atoms with Crippen molar-refractivity contribution >= 4 is 11.3 Å². The van der Waals surface area contributed by atoms with Crippen molar-refractivity contribution in [3.8, 4) is 0 Å². The molecule has 2 nitrogen and oxygen atoms in total. The maximum absolute atomic E-state index is 10.1. The molecule has 0 fully saturated rings. The van der Waals surface area contributed by atoms with E-state index in [1.54, 1.807) is 0 Å². The van der Waals surface area contributed by atoms with E-state index in [0.29, 0.717) is 11.3 Å². The lowest BCUT2D eigenvalue weighted by Gasteiger charge is -2.04. The van der Waals surface area contributed by atoms with E-state index >= 15 is 0 Å². The van der Waals surface area contributed by atoms with Crippen LogP contribution in [0.25, 0.3) is 0 Å². The van der Waals surface area contributed by atoms with E-state index in [0.717, 1.165) is 0 Å². The average Bonchev–Trinajstić information content (AvgIpc) is 2.53. The van der Waals surface area contributed by atoms with Crippen molar-refractivity contribution in [2.75, 3.05) is 13.5 Å². The molecule has 1 rings (SSSR count). The number of aliphatic hydroxyl groups is 1. The van der Waals surface area contributed by atoms with E-state index in [1.807, 2.05) is 0 Å².